The molecule has 184 valence electrons. The molecule has 10 heteroatoms. The van der Waals surface area contributed by atoms with E-state index in [0.717, 1.165) is 0 Å². The van der Waals surface area contributed by atoms with Crippen LogP contribution in [0.1, 0.15) is 79.1 Å². The summed E-state index contributed by atoms with van der Waals surface area (Å²) in [6, 6.07) is 0. The van der Waals surface area contributed by atoms with Crippen LogP contribution < -0.4 is 0 Å². The van der Waals surface area contributed by atoms with E-state index in [4.69, 9.17) is 18.9 Å². The molecule has 10 nitrogen and oxygen atoms in total. The lowest BCUT2D eigenvalue weighted by Gasteiger charge is -2.31. The highest BCUT2D eigenvalue weighted by Gasteiger charge is 2.42. The van der Waals surface area contributed by atoms with Crippen molar-refractivity contribution in [2.24, 2.45) is 0 Å². The fraction of sp³-hybridized carbons (Fsp3) is 0.773. The Labute approximate surface area is 188 Å². The molecule has 0 aromatic rings. The molecule has 0 aliphatic heterocycles. The molecule has 0 heterocycles. The molecule has 0 aliphatic rings. The van der Waals surface area contributed by atoms with Gasteiger partial charge in [-0.15, -0.1) is 0 Å². The highest BCUT2D eigenvalue weighted by atomic mass is 16.6. The van der Waals surface area contributed by atoms with E-state index in [1.54, 1.807) is 27.7 Å². The average molecular weight is 461 g/mol. The minimum atomic E-state index is -1.73. The zero-order valence-electron chi connectivity index (χ0n) is 19.4. The Morgan fingerprint density at radius 2 is 1.09 bits per heavy atom. The maximum absolute atomic E-state index is 12.8. The van der Waals surface area contributed by atoms with Crippen LogP contribution >= 0.6 is 0 Å². The normalized spacial score (nSPS) is 13.4. The topological polar surface area (TPSA) is 143 Å². The van der Waals surface area contributed by atoms with Crippen molar-refractivity contribution >= 4 is 29.7 Å². The van der Waals surface area contributed by atoms with E-state index in [9.17, 15) is 29.1 Å². The molecular formula is C22H36O10. The number of rotatable bonds is 17. The van der Waals surface area contributed by atoms with Crippen molar-refractivity contribution in [1.82, 2.24) is 0 Å². The van der Waals surface area contributed by atoms with Gasteiger partial charge in [0.1, 0.15) is 0 Å². The Hall–Kier alpha value is -2.49. The van der Waals surface area contributed by atoms with Gasteiger partial charge in [-0.1, -0.05) is 27.7 Å². The Balaban J connectivity index is 5.88. The smallest absolute Gasteiger partial charge is 0.306 e. The summed E-state index contributed by atoms with van der Waals surface area (Å²) in [5, 5.41) is 9.81. The third kappa shape index (κ3) is 11.8. The van der Waals surface area contributed by atoms with E-state index in [0.29, 0.717) is 25.7 Å². The summed E-state index contributed by atoms with van der Waals surface area (Å²) in [4.78, 5) is 60.8. The van der Waals surface area contributed by atoms with Gasteiger partial charge in [-0.2, -0.15) is 0 Å². The van der Waals surface area contributed by atoms with Crippen LogP contribution in [-0.4, -0.2) is 66.3 Å². The molecule has 0 fully saturated rings. The first-order chi connectivity index (χ1) is 15.2. The number of carbonyl (C=O) groups is 5. The fourth-order valence-electron chi connectivity index (χ4n) is 2.62. The van der Waals surface area contributed by atoms with E-state index in [-0.39, 0.29) is 25.7 Å². The number of esters is 4. The number of Topliss-reactive ketones (excluding diaryl/α,β-unsaturated/α-hetero) is 1. The first kappa shape index (κ1) is 29.5. The lowest BCUT2D eigenvalue weighted by Crippen LogP contribution is -2.51. The van der Waals surface area contributed by atoms with Crippen LogP contribution in [0.4, 0.5) is 0 Å². The SMILES string of the molecule is CCCC(=O)OCC(=O)[C@H](OC(=O)CCC)[C@@H](OC(=O)CCC)[C@@H](CO)OC(=O)CCC. The van der Waals surface area contributed by atoms with Gasteiger partial charge < -0.3 is 24.1 Å². The molecule has 3 atom stereocenters. The lowest BCUT2D eigenvalue weighted by atomic mass is 10.0. The molecule has 0 radical (unpaired) electrons. The van der Waals surface area contributed by atoms with Crippen LogP contribution in [0.25, 0.3) is 0 Å². The van der Waals surface area contributed by atoms with E-state index >= 15 is 0 Å². The lowest BCUT2D eigenvalue weighted by molar-refractivity contribution is -0.191. The molecule has 0 aromatic carbocycles. The van der Waals surface area contributed by atoms with Gasteiger partial charge in [-0.25, -0.2) is 0 Å². The molecule has 1 N–H and O–H groups in total. The number of ketones is 1. The number of aliphatic hydroxyl groups is 1. The Morgan fingerprint density at radius 1 is 0.656 bits per heavy atom. The molecule has 0 saturated carbocycles. The van der Waals surface area contributed by atoms with E-state index in [1.165, 1.54) is 0 Å². The van der Waals surface area contributed by atoms with E-state index < -0.39 is 61.2 Å². The number of hydrogen-bond acceptors (Lipinski definition) is 10. The minimum Gasteiger partial charge on any atom is -0.457 e. The van der Waals surface area contributed by atoms with Gasteiger partial charge in [0.05, 0.1) is 6.61 Å². The molecule has 0 amide bonds. The summed E-state index contributed by atoms with van der Waals surface area (Å²) < 4.78 is 20.7. The van der Waals surface area contributed by atoms with Gasteiger partial charge in [0.2, 0.25) is 11.9 Å². The summed E-state index contributed by atoms with van der Waals surface area (Å²) in [6.45, 7) is 5.45. The van der Waals surface area contributed by atoms with Crippen molar-refractivity contribution in [3.8, 4) is 0 Å². The van der Waals surface area contributed by atoms with Crippen molar-refractivity contribution in [2.45, 2.75) is 97.4 Å². The highest BCUT2D eigenvalue weighted by Crippen LogP contribution is 2.18. The van der Waals surface area contributed by atoms with Crippen LogP contribution in [0.5, 0.6) is 0 Å². The second-order valence-corrected chi connectivity index (χ2v) is 7.20. The molecule has 0 unspecified atom stereocenters. The zero-order valence-corrected chi connectivity index (χ0v) is 19.4. The number of aliphatic hydroxyl groups excluding tert-OH is 1. The van der Waals surface area contributed by atoms with E-state index in [2.05, 4.69) is 0 Å². The molecular weight excluding hydrogens is 424 g/mol. The van der Waals surface area contributed by atoms with Crippen molar-refractivity contribution in [3.05, 3.63) is 0 Å². The third-order valence-electron chi connectivity index (χ3n) is 4.16. The maximum atomic E-state index is 12.8. The van der Waals surface area contributed by atoms with Gasteiger partial charge in [0, 0.05) is 25.7 Å². The molecule has 0 saturated heterocycles. The predicted octanol–water partition coefficient (Wildman–Crippen LogP) is 2.03. The van der Waals surface area contributed by atoms with Gasteiger partial charge in [0.15, 0.2) is 18.8 Å². The summed E-state index contributed by atoms with van der Waals surface area (Å²) in [5.41, 5.74) is 0. The second kappa shape index (κ2) is 17.1. The fourth-order valence-corrected chi connectivity index (χ4v) is 2.62. The van der Waals surface area contributed by atoms with Crippen LogP contribution in [0.3, 0.4) is 0 Å². The van der Waals surface area contributed by atoms with Crippen LogP contribution in [0, 0.1) is 0 Å². The van der Waals surface area contributed by atoms with Crippen molar-refractivity contribution in [3.63, 3.8) is 0 Å². The molecule has 0 aromatic heterocycles. The predicted molar refractivity (Wildman–Crippen MR) is 112 cm³/mol. The largest absolute Gasteiger partial charge is 0.457 e. The Bertz CT molecular complexity index is 616. The number of carbonyl (C=O) groups excluding carboxylic acids is 5. The van der Waals surface area contributed by atoms with Gasteiger partial charge >= 0.3 is 23.9 Å². The molecule has 0 aliphatic carbocycles. The molecule has 0 bridgehead atoms. The standard InChI is InChI=1S/C22H36O10/c1-5-9-17(25)29-14-15(24)21(31-19(27)11-7-3)22(32-20(28)12-8-4)16(13-23)30-18(26)10-6-2/h16,21-23H,5-14H2,1-4H3/t16-,21+,22+/m1/s1. The first-order valence-corrected chi connectivity index (χ1v) is 11.1. The van der Waals surface area contributed by atoms with Gasteiger partial charge in [-0.05, 0) is 25.7 Å². The maximum Gasteiger partial charge on any atom is 0.306 e. The van der Waals surface area contributed by atoms with Crippen LogP contribution in [0.15, 0.2) is 0 Å². The van der Waals surface area contributed by atoms with Crippen molar-refractivity contribution in [2.75, 3.05) is 13.2 Å². The summed E-state index contributed by atoms with van der Waals surface area (Å²) in [6.07, 6.45) is -2.82. The summed E-state index contributed by atoms with van der Waals surface area (Å²) >= 11 is 0. The monoisotopic (exact) mass is 460 g/mol. The van der Waals surface area contributed by atoms with Crippen molar-refractivity contribution in [1.29, 1.82) is 0 Å². The molecule has 0 spiro atoms. The van der Waals surface area contributed by atoms with Gasteiger partial charge in [0.25, 0.3) is 0 Å². The average Bonchev–Trinajstić information content (AvgIpc) is 2.73. The summed E-state index contributed by atoms with van der Waals surface area (Å²) in [7, 11) is 0. The minimum absolute atomic E-state index is 0.00709. The number of hydrogen-bond donors (Lipinski definition) is 1. The zero-order chi connectivity index (χ0) is 24.5. The van der Waals surface area contributed by atoms with Crippen LogP contribution in [-0.2, 0) is 42.9 Å². The first-order valence-electron chi connectivity index (χ1n) is 11.1. The number of ether oxygens (including phenoxy) is 4. The Morgan fingerprint density at radius 3 is 1.56 bits per heavy atom. The van der Waals surface area contributed by atoms with E-state index in [1.807, 2.05) is 0 Å². The molecule has 0 rings (SSSR count). The highest BCUT2D eigenvalue weighted by molar-refractivity contribution is 5.89. The van der Waals surface area contributed by atoms with Gasteiger partial charge in [-0.3, -0.25) is 24.0 Å². The Kier molecular flexibility index (Phi) is 15.8. The quantitative estimate of drug-likeness (QED) is 0.253. The second-order valence-electron chi connectivity index (χ2n) is 7.20. The van der Waals surface area contributed by atoms with Crippen molar-refractivity contribution < 1.29 is 48.0 Å². The van der Waals surface area contributed by atoms with Crippen LogP contribution in [0.2, 0.25) is 0 Å². The molecule has 32 heavy (non-hydrogen) atoms. The third-order valence-corrected chi connectivity index (χ3v) is 4.16. The summed E-state index contributed by atoms with van der Waals surface area (Å²) in [5.74, 6) is -3.64.